The summed E-state index contributed by atoms with van der Waals surface area (Å²) in [6.45, 7) is 2.64. The van der Waals surface area contributed by atoms with E-state index in [4.69, 9.17) is 4.74 Å². The van der Waals surface area contributed by atoms with Gasteiger partial charge in [-0.15, -0.1) is 0 Å². The van der Waals surface area contributed by atoms with E-state index in [0.29, 0.717) is 0 Å². The molecule has 4 heteroatoms. The molecule has 1 aliphatic rings. The zero-order valence-corrected chi connectivity index (χ0v) is 7.16. The van der Waals surface area contributed by atoms with Crippen LogP contribution in [-0.2, 0) is 11.8 Å². The van der Waals surface area contributed by atoms with E-state index in [2.05, 4.69) is 10.4 Å². The van der Waals surface area contributed by atoms with Crippen molar-refractivity contribution in [3.05, 3.63) is 18.0 Å². The lowest BCUT2D eigenvalue weighted by atomic mass is 10.2. The number of rotatable bonds is 1. The summed E-state index contributed by atoms with van der Waals surface area (Å²) < 4.78 is 7.36. The molecule has 0 aliphatic carbocycles. The summed E-state index contributed by atoms with van der Waals surface area (Å²) in [4.78, 5) is 0. The molecule has 1 fully saturated rings. The maximum Gasteiger partial charge on any atom is 0.0980 e. The molecule has 0 saturated carbocycles. The first-order valence-corrected chi connectivity index (χ1v) is 4.17. The Hall–Kier alpha value is -0.870. The lowest BCUT2D eigenvalue weighted by Crippen LogP contribution is -2.33. The van der Waals surface area contributed by atoms with Gasteiger partial charge >= 0.3 is 0 Å². The van der Waals surface area contributed by atoms with E-state index in [0.717, 1.165) is 25.3 Å². The van der Waals surface area contributed by atoms with Gasteiger partial charge < -0.3 is 10.1 Å². The number of hydrogen-bond donors (Lipinski definition) is 1. The third kappa shape index (κ3) is 1.49. The van der Waals surface area contributed by atoms with Crippen molar-refractivity contribution in [3.8, 4) is 0 Å². The summed E-state index contributed by atoms with van der Waals surface area (Å²) in [5.41, 5.74) is 1.16. The standard InChI is InChI=1S/C8H13N3O/c1-11-6-7(4-10-11)8-5-9-2-3-12-8/h4,6,8-9H,2-3,5H2,1H3/t8-/m0/s1. The van der Waals surface area contributed by atoms with Gasteiger partial charge in [0.2, 0.25) is 0 Å². The highest BCUT2D eigenvalue weighted by Gasteiger charge is 2.16. The summed E-state index contributed by atoms with van der Waals surface area (Å²) in [6.07, 6.45) is 4.04. The van der Waals surface area contributed by atoms with Crippen molar-refractivity contribution in [2.45, 2.75) is 6.10 Å². The Balaban J connectivity index is 2.08. The molecule has 12 heavy (non-hydrogen) atoms. The molecule has 1 aromatic rings. The van der Waals surface area contributed by atoms with Crippen LogP contribution in [0.15, 0.2) is 12.4 Å². The van der Waals surface area contributed by atoms with Gasteiger partial charge in [-0.05, 0) is 0 Å². The molecule has 1 N–H and O–H groups in total. The number of ether oxygens (including phenoxy) is 1. The van der Waals surface area contributed by atoms with Gasteiger partial charge in [0.25, 0.3) is 0 Å². The molecular formula is C8H13N3O. The first kappa shape index (κ1) is 7.76. The molecular weight excluding hydrogens is 154 g/mol. The summed E-state index contributed by atoms with van der Waals surface area (Å²) in [7, 11) is 1.92. The van der Waals surface area contributed by atoms with Crippen LogP contribution in [0.1, 0.15) is 11.7 Å². The van der Waals surface area contributed by atoms with Crippen LogP contribution < -0.4 is 5.32 Å². The highest BCUT2D eigenvalue weighted by atomic mass is 16.5. The van der Waals surface area contributed by atoms with Gasteiger partial charge in [0, 0.05) is 31.9 Å². The van der Waals surface area contributed by atoms with Crippen molar-refractivity contribution in [1.82, 2.24) is 15.1 Å². The number of morpholine rings is 1. The summed E-state index contributed by atoms with van der Waals surface area (Å²) in [6, 6.07) is 0. The molecule has 1 aliphatic heterocycles. The Kier molecular flexibility index (Phi) is 2.10. The molecule has 0 spiro atoms. The first-order chi connectivity index (χ1) is 5.86. The Bertz CT molecular complexity index is 253. The molecule has 1 atom stereocenters. The van der Waals surface area contributed by atoms with Crippen LogP contribution in [0.25, 0.3) is 0 Å². The quantitative estimate of drug-likeness (QED) is 0.644. The van der Waals surface area contributed by atoms with Crippen LogP contribution >= 0.6 is 0 Å². The third-order valence-corrected chi connectivity index (χ3v) is 2.02. The molecule has 4 nitrogen and oxygen atoms in total. The van der Waals surface area contributed by atoms with Gasteiger partial charge in [0.05, 0.1) is 18.9 Å². The highest BCUT2D eigenvalue weighted by Crippen LogP contribution is 2.16. The average Bonchev–Trinajstić information content (AvgIpc) is 2.54. The molecule has 0 bridgehead atoms. The van der Waals surface area contributed by atoms with Gasteiger partial charge in [0.1, 0.15) is 0 Å². The Labute approximate surface area is 71.5 Å². The number of aromatic nitrogens is 2. The van der Waals surface area contributed by atoms with Crippen molar-refractivity contribution in [3.63, 3.8) is 0 Å². The fraction of sp³-hybridized carbons (Fsp3) is 0.625. The third-order valence-electron chi connectivity index (χ3n) is 2.02. The fourth-order valence-corrected chi connectivity index (χ4v) is 1.39. The van der Waals surface area contributed by atoms with Gasteiger partial charge in [0.15, 0.2) is 0 Å². The second kappa shape index (κ2) is 3.25. The zero-order chi connectivity index (χ0) is 8.39. The van der Waals surface area contributed by atoms with E-state index in [-0.39, 0.29) is 6.10 Å². The van der Waals surface area contributed by atoms with Crippen LogP contribution in [-0.4, -0.2) is 29.5 Å². The summed E-state index contributed by atoms with van der Waals surface area (Å²) in [5.74, 6) is 0. The summed E-state index contributed by atoms with van der Waals surface area (Å²) >= 11 is 0. The Morgan fingerprint density at radius 3 is 3.25 bits per heavy atom. The van der Waals surface area contributed by atoms with Crippen molar-refractivity contribution in [2.75, 3.05) is 19.7 Å². The smallest absolute Gasteiger partial charge is 0.0980 e. The molecule has 1 aromatic heterocycles. The summed E-state index contributed by atoms with van der Waals surface area (Å²) in [5, 5.41) is 7.38. The second-order valence-corrected chi connectivity index (χ2v) is 3.01. The molecule has 0 amide bonds. The van der Waals surface area contributed by atoms with Crippen molar-refractivity contribution in [2.24, 2.45) is 7.05 Å². The van der Waals surface area contributed by atoms with E-state index in [9.17, 15) is 0 Å². The van der Waals surface area contributed by atoms with Crippen LogP contribution in [0.5, 0.6) is 0 Å². The molecule has 66 valence electrons. The second-order valence-electron chi connectivity index (χ2n) is 3.01. The Morgan fingerprint density at radius 2 is 2.67 bits per heavy atom. The lowest BCUT2D eigenvalue weighted by molar-refractivity contribution is 0.0276. The minimum Gasteiger partial charge on any atom is -0.371 e. The number of aryl methyl sites for hydroxylation is 1. The normalized spacial score (nSPS) is 24.2. The van der Waals surface area contributed by atoms with E-state index >= 15 is 0 Å². The predicted molar refractivity (Wildman–Crippen MR) is 44.8 cm³/mol. The Morgan fingerprint density at radius 1 is 1.75 bits per heavy atom. The van der Waals surface area contributed by atoms with Crippen LogP contribution in [0.4, 0.5) is 0 Å². The van der Waals surface area contributed by atoms with Crippen molar-refractivity contribution in [1.29, 1.82) is 0 Å². The van der Waals surface area contributed by atoms with Gasteiger partial charge in [-0.1, -0.05) is 0 Å². The zero-order valence-electron chi connectivity index (χ0n) is 7.16. The molecule has 0 radical (unpaired) electrons. The lowest BCUT2D eigenvalue weighted by Gasteiger charge is -2.22. The maximum atomic E-state index is 5.56. The van der Waals surface area contributed by atoms with Crippen LogP contribution in [0.2, 0.25) is 0 Å². The minimum atomic E-state index is 0.187. The SMILES string of the molecule is Cn1cc([C@@H]2CNCCO2)cn1. The maximum absolute atomic E-state index is 5.56. The molecule has 1 saturated heterocycles. The largest absolute Gasteiger partial charge is 0.371 e. The number of nitrogens with one attached hydrogen (secondary N) is 1. The van der Waals surface area contributed by atoms with Gasteiger partial charge in [-0.2, -0.15) is 5.10 Å². The van der Waals surface area contributed by atoms with E-state index in [1.165, 1.54) is 0 Å². The molecule has 2 rings (SSSR count). The molecule has 2 heterocycles. The number of nitrogens with zero attached hydrogens (tertiary/aromatic N) is 2. The average molecular weight is 167 g/mol. The minimum absolute atomic E-state index is 0.187. The number of hydrogen-bond acceptors (Lipinski definition) is 3. The predicted octanol–water partition coefficient (Wildman–Crippen LogP) is 0.0810. The molecule has 0 aromatic carbocycles. The van der Waals surface area contributed by atoms with Gasteiger partial charge in [-0.25, -0.2) is 0 Å². The van der Waals surface area contributed by atoms with Crippen LogP contribution in [0, 0.1) is 0 Å². The van der Waals surface area contributed by atoms with Gasteiger partial charge in [-0.3, -0.25) is 4.68 Å². The highest BCUT2D eigenvalue weighted by molar-refractivity contribution is 5.09. The van der Waals surface area contributed by atoms with Crippen molar-refractivity contribution < 1.29 is 4.74 Å². The van der Waals surface area contributed by atoms with Crippen molar-refractivity contribution >= 4 is 0 Å². The van der Waals surface area contributed by atoms with E-state index in [1.807, 2.05) is 19.4 Å². The topological polar surface area (TPSA) is 39.1 Å². The first-order valence-electron chi connectivity index (χ1n) is 4.17. The van der Waals surface area contributed by atoms with Crippen LogP contribution in [0.3, 0.4) is 0 Å². The monoisotopic (exact) mass is 167 g/mol. The van der Waals surface area contributed by atoms with E-state index in [1.54, 1.807) is 4.68 Å². The fourth-order valence-electron chi connectivity index (χ4n) is 1.39. The van der Waals surface area contributed by atoms with E-state index < -0.39 is 0 Å². The molecule has 0 unspecified atom stereocenters.